The Balaban J connectivity index is 1.92. The minimum atomic E-state index is 0.571. The molecule has 1 aromatic heterocycles. The normalized spacial score (nSPS) is 20.5. The van der Waals surface area contributed by atoms with E-state index in [9.17, 15) is 0 Å². The molecule has 0 spiro atoms. The van der Waals surface area contributed by atoms with E-state index < -0.39 is 0 Å². The molecule has 0 saturated carbocycles. The number of thioether (sulfide) groups is 1. The molecular weight excluding hydrogens is 251 g/mol. The van der Waals surface area contributed by atoms with Crippen molar-refractivity contribution in [2.24, 2.45) is 5.92 Å². The molecule has 82 valence electrons. The number of nitrogens with zero attached hydrogens (tertiary/aromatic N) is 1. The van der Waals surface area contributed by atoms with Gasteiger partial charge in [-0.2, -0.15) is 11.8 Å². The maximum atomic E-state index is 6.00. The van der Waals surface area contributed by atoms with Crippen molar-refractivity contribution in [3.05, 3.63) is 22.3 Å². The van der Waals surface area contributed by atoms with Crippen molar-refractivity contribution in [3.8, 4) is 0 Å². The minimum absolute atomic E-state index is 0.571. The highest BCUT2D eigenvalue weighted by Crippen LogP contribution is 2.26. The molecule has 2 nitrogen and oxygen atoms in total. The van der Waals surface area contributed by atoms with Gasteiger partial charge in [-0.1, -0.05) is 23.2 Å². The third-order valence-corrected chi connectivity index (χ3v) is 4.12. The van der Waals surface area contributed by atoms with Crippen LogP contribution in [-0.4, -0.2) is 23.0 Å². The van der Waals surface area contributed by atoms with Gasteiger partial charge in [-0.25, -0.2) is 4.98 Å². The first-order valence-corrected chi connectivity index (χ1v) is 6.79. The first kappa shape index (κ1) is 11.4. The van der Waals surface area contributed by atoms with Gasteiger partial charge in [-0.05, 0) is 29.9 Å². The van der Waals surface area contributed by atoms with Gasteiger partial charge in [0.25, 0.3) is 0 Å². The quantitative estimate of drug-likeness (QED) is 0.902. The number of rotatable bonds is 3. The SMILES string of the molecule is Clc1cnc(NCC2CCSC2)c(Cl)c1. The van der Waals surface area contributed by atoms with Crippen molar-refractivity contribution in [1.29, 1.82) is 0 Å². The van der Waals surface area contributed by atoms with E-state index in [0.29, 0.717) is 10.0 Å². The lowest BCUT2D eigenvalue weighted by Gasteiger charge is -2.11. The maximum Gasteiger partial charge on any atom is 0.144 e. The molecule has 1 N–H and O–H groups in total. The predicted molar refractivity (Wildman–Crippen MR) is 68.2 cm³/mol. The summed E-state index contributed by atoms with van der Waals surface area (Å²) < 4.78 is 0. The van der Waals surface area contributed by atoms with Crippen LogP contribution in [0.5, 0.6) is 0 Å². The largest absolute Gasteiger partial charge is 0.369 e. The van der Waals surface area contributed by atoms with E-state index in [1.54, 1.807) is 12.3 Å². The van der Waals surface area contributed by atoms with Gasteiger partial charge in [-0.3, -0.25) is 0 Å². The highest BCUT2D eigenvalue weighted by molar-refractivity contribution is 7.99. The average Bonchev–Trinajstić information content (AvgIpc) is 2.69. The fourth-order valence-electron chi connectivity index (χ4n) is 1.53. The smallest absolute Gasteiger partial charge is 0.144 e. The number of hydrogen-bond acceptors (Lipinski definition) is 3. The van der Waals surface area contributed by atoms with E-state index in [-0.39, 0.29) is 0 Å². The highest BCUT2D eigenvalue weighted by Gasteiger charge is 2.15. The van der Waals surface area contributed by atoms with E-state index in [0.717, 1.165) is 18.3 Å². The summed E-state index contributed by atoms with van der Waals surface area (Å²) in [6.45, 7) is 0.946. The van der Waals surface area contributed by atoms with Crippen LogP contribution < -0.4 is 5.32 Å². The summed E-state index contributed by atoms with van der Waals surface area (Å²) in [6, 6.07) is 1.71. The number of hydrogen-bond donors (Lipinski definition) is 1. The lowest BCUT2D eigenvalue weighted by atomic mass is 10.1. The monoisotopic (exact) mass is 262 g/mol. The number of aromatic nitrogens is 1. The van der Waals surface area contributed by atoms with E-state index >= 15 is 0 Å². The van der Waals surface area contributed by atoms with Gasteiger partial charge in [0.2, 0.25) is 0 Å². The van der Waals surface area contributed by atoms with E-state index in [1.807, 2.05) is 11.8 Å². The zero-order valence-corrected chi connectivity index (χ0v) is 10.5. The molecule has 15 heavy (non-hydrogen) atoms. The Morgan fingerprint density at radius 1 is 1.53 bits per heavy atom. The number of halogens is 2. The first-order chi connectivity index (χ1) is 7.25. The molecule has 0 aliphatic carbocycles. The molecule has 1 fully saturated rings. The highest BCUT2D eigenvalue weighted by atomic mass is 35.5. The Hall–Kier alpha value is -0.120. The van der Waals surface area contributed by atoms with Crippen molar-refractivity contribution in [2.75, 3.05) is 23.4 Å². The van der Waals surface area contributed by atoms with E-state index in [1.165, 1.54) is 17.9 Å². The molecule has 2 rings (SSSR count). The Bertz CT molecular complexity index is 340. The van der Waals surface area contributed by atoms with Crippen LogP contribution in [0, 0.1) is 5.92 Å². The Kier molecular flexibility index (Phi) is 4.00. The molecule has 0 aromatic carbocycles. The second-order valence-corrected chi connectivity index (χ2v) is 5.59. The molecule has 2 heterocycles. The molecule has 5 heteroatoms. The molecule has 0 amide bonds. The molecule has 1 aliphatic rings. The number of pyridine rings is 1. The molecule has 1 unspecified atom stereocenters. The summed E-state index contributed by atoms with van der Waals surface area (Å²) in [4.78, 5) is 4.16. The van der Waals surface area contributed by atoms with Gasteiger partial charge < -0.3 is 5.32 Å². The maximum absolute atomic E-state index is 6.00. The van der Waals surface area contributed by atoms with Crippen LogP contribution >= 0.6 is 35.0 Å². The van der Waals surface area contributed by atoms with Gasteiger partial charge in [-0.15, -0.1) is 0 Å². The van der Waals surface area contributed by atoms with Crippen LogP contribution in [-0.2, 0) is 0 Å². The van der Waals surface area contributed by atoms with Crippen molar-refractivity contribution in [3.63, 3.8) is 0 Å². The molecule has 0 bridgehead atoms. The first-order valence-electron chi connectivity index (χ1n) is 4.88. The van der Waals surface area contributed by atoms with Crippen LogP contribution in [0.15, 0.2) is 12.3 Å². The standard InChI is InChI=1S/C10H12Cl2N2S/c11-8-3-9(12)10(14-5-8)13-4-7-1-2-15-6-7/h3,5,7H,1-2,4,6H2,(H,13,14). The molecule has 1 atom stereocenters. The summed E-state index contributed by atoms with van der Waals surface area (Å²) in [5, 5.41) is 4.43. The Morgan fingerprint density at radius 2 is 2.40 bits per heavy atom. The van der Waals surface area contributed by atoms with Gasteiger partial charge in [0, 0.05) is 12.7 Å². The zero-order valence-electron chi connectivity index (χ0n) is 8.17. The van der Waals surface area contributed by atoms with E-state index in [4.69, 9.17) is 23.2 Å². The van der Waals surface area contributed by atoms with Gasteiger partial charge >= 0.3 is 0 Å². The second kappa shape index (κ2) is 5.28. The Labute approximate surface area is 104 Å². The van der Waals surface area contributed by atoms with Crippen LogP contribution in [0.2, 0.25) is 10.0 Å². The van der Waals surface area contributed by atoms with Gasteiger partial charge in [0.1, 0.15) is 5.82 Å². The Morgan fingerprint density at radius 3 is 3.07 bits per heavy atom. The third-order valence-electron chi connectivity index (χ3n) is 2.39. The summed E-state index contributed by atoms with van der Waals surface area (Å²) in [5.74, 6) is 3.98. The van der Waals surface area contributed by atoms with Crippen molar-refractivity contribution >= 4 is 40.8 Å². The molecule has 1 aromatic rings. The average molecular weight is 263 g/mol. The molecule has 1 saturated heterocycles. The van der Waals surface area contributed by atoms with Crippen LogP contribution in [0.4, 0.5) is 5.82 Å². The summed E-state index contributed by atoms with van der Waals surface area (Å²) >= 11 is 13.8. The van der Waals surface area contributed by atoms with Crippen molar-refractivity contribution in [2.45, 2.75) is 6.42 Å². The fourth-order valence-corrected chi connectivity index (χ4v) is 3.26. The topological polar surface area (TPSA) is 24.9 Å². The second-order valence-electron chi connectivity index (χ2n) is 3.59. The lowest BCUT2D eigenvalue weighted by molar-refractivity contribution is 0.630. The predicted octanol–water partition coefficient (Wildman–Crippen LogP) is 3.55. The molecule has 1 aliphatic heterocycles. The summed E-state index contributed by atoms with van der Waals surface area (Å²) in [5.41, 5.74) is 0. The summed E-state index contributed by atoms with van der Waals surface area (Å²) in [7, 11) is 0. The van der Waals surface area contributed by atoms with Gasteiger partial charge in [0.05, 0.1) is 10.0 Å². The molecular formula is C10H12Cl2N2S. The fraction of sp³-hybridized carbons (Fsp3) is 0.500. The number of nitrogens with one attached hydrogen (secondary N) is 1. The van der Waals surface area contributed by atoms with Crippen molar-refractivity contribution < 1.29 is 0 Å². The third kappa shape index (κ3) is 3.16. The van der Waals surface area contributed by atoms with Crippen LogP contribution in [0.3, 0.4) is 0 Å². The van der Waals surface area contributed by atoms with Crippen LogP contribution in [0.1, 0.15) is 6.42 Å². The number of anilines is 1. The zero-order chi connectivity index (χ0) is 10.7. The van der Waals surface area contributed by atoms with Crippen LogP contribution in [0.25, 0.3) is 0 Å². The lowest BCUT2D eigenvalue weighted by Crippen LogP contribution is -2.14. The summed E-state index contributed by atoms with van der Waals surface area (Å²) in [6.07, 6.45) is 2.89. The van der Waals surface area contributed by atoms with Crippen molar-refractivity contribution in [1.82, 2.24) is 4.98 Å². The minimum Gasteiger partial charge on any atom is -0.369 e. The van der Waals surface area contributed by atoms with Gasteiger partial charge in [0.15, 0.2) is 0 Å². The van der Waals surface area contributed by atoms with E-state index in [2.05, 4.69) is 10.3 Å². The molecule has 0 radical (unpaired) electrons.